The smallest absolute Gasteiger partial charge is 0.338 e. The molecule has 0 aromatic heterocycles. The van der Waals surface area contributed by atoms with Gasteiger partial charge in [0, 0.05) is 4.47 Å². The van der Waals surface area contributed by atoms with Gasteiger partial charge in [0.25, 0.3) is 0 Å². The predicted molar refractivity (Wildman–Crippen MR) is 77.8 cm³/mol. The zero-order valence-electron chi connectivity index (χ0n) is 10.8. The van der Waals surface area contributed by atoms with Gasteiger partial charge in [-0.3, -0.25) is 0 Å². The van der Waals surface area contributed by atoms with Gasteiger partial charge in [-0.15, -0.1) is 0 Å². The minimum Gasteiger partial charge on any atom is -0.459 e. The van der Waals surface area contributed by atoms with Gasteiger partial charge in [0.2, 0.25) is 10.0 Å². The van der Waals surface area contributed by atoms with E-state index >= 15 is 0 Å². The fourth-order valence-corrected chi connectivity index (χ4v) is 3.81. The second kappa shape index (κ2) is 6.24. The minimum atomic E-state index is -3.88. The number of esters is 1. The molecule has 1 aliphatic rings. The Morgan fingerprint density at radius 1 is 1.25 bits per heavy atom. The summed E-state index contributed by atoms with van der Waals surface area (Å²) in [6.45, 7) is 0. The molecule has 0 heterocycles. The number of primary sulfonamides is 1. The zero-order valence-corrected chi connectivity index (χ0v) is 13.2. The van der Waals surface area contributed by atoms with Crippen LogP contribution in [-0.2, 0) is 14.8 Å². The van der Waals surface area contributed by atoms with E-state index in [1.807, 2.05) is 0 Å². The monoisotopic (exact) mass is 361 g/mol. The van der Waals surface area contributed by atoms with Crippen molar-refractivity contribution in [1.82, 2.24) is 0 Å². The first-order valence-electron chi connectivity index (χ1n) is 6.41. The lowest BCUT2D eigenvalue weighted by Gasteiger charge is -2.21. The molecule has 0 spiro atoms. The molecular formula is C13H16BrNO4S. The Labute approximate surface area is 126 Å². The summed E-state index contributed by atoms with van der Waals surface area (Å²) in [7, 11) is -3.88. The summed E-state index contributed by atoms with van der Waals surface area (Å²) in [5.74, 6) is -0.505. The van der Waals surface area contributed by atoms with Gasteiger partial charge >= 0.3 is 5.97 Å². The molecule has 7 heteroatoms. The Morgan fingerprint density at radius 2 is 1.90 bits per heavy atom. The highest BCUT2D eigenvalue weighted by Gasteiger charge is 2.21. The second-order valence-corrected chi connectivity index (χ2v) is 7.24. The highest BCUT2D eigenvalue weighted by molar-refractivity contribution is 9.10. The Kier molecular flexibility index (Phi) is 4.82. The van der Waals surface area contributed by atoms with Crippen LogP contribution in [0.15, 0.2) is 27.6 Å². The van der Waals surface area contributed by atoms with Crippen molar-refractivity contribution in [3.8, 4) is 0 Å². The fraction of sp³-hybridized carbons (Fsp3) is 0.462. The van der Waals surface area contributed by atoms with Crippen molar-refractivity contribution in [2.75, 3.05) is 0 Å². The third-order valence-electron chi connectivity index (χ3n) is 3.30. The topological polar surface area (TPSA) is 86.5 Å². The highest BCUT2D eigenvalue weighted by Crippen LogP contribution is 2.24. The number of hydrogen-bond donors (Lipinski definition) is 1. The van der Waals surface area contributed by atoms with Crippen molar-refractivity contribution in [3.05, 3.63) is 28.2 Å². The van der Waals surface area contributed by atoms with E-state index < -0.39 is 16.0 Å². The predicted octanol–water partition coefficient (Wildman–Crippen LogP) is 2.59. The molecule has 0 aliphatic heterocycles. The normalized spacial score (nSPS) is 16.9. The van der Waals surface area contributed by atoms with Crippen molar-refractivity contribution in [2.24, 2.45) is 5.14 Å². The van der Waals surface area contributed by atoms with E-state index in [1.165, 1.54) is 24.6 Å². The van der Waals surface area contributed by atoms with Gasteiger partial charge in [0.05, 0.1) is 10.5 Å². The molecule has 0 atom stereocenters. The van der Waals surface area contributed by atoms with E-state index in [0.717, 1.165) is 25.7 Å². The number of carbonyl (C=O) groups is 1. The average Bonchev–Trinajstić information content (AvgIpc) is 2.39. The largest absolute Gasteiger partial charge is 0.459 e. The molecular weight excluding hydrogens is 346 g/mol. The number of halogens is 1. The summed E-state index contributed by atoms with van der Waals surface area (Å²) in [5, 5.41) is 5.10. The molecule has 2 rings (SSSR count). The Bertz CT molecular complexity index is 609. The van der Waals surface area contributed by atoms with Gasteiger partial charge < -0.3 is 4.74 Å². The van der Waals surface area contributed by atoms with Crippen molar-refractivity contribution in [1.29, 1.82) is 0 Å². The quantitative estimate of drug-likeness (QED) is 0.838. The molecule has 1 aromatic rings. The molecule has 0 unspecified atom stereocenters. The van der Waals surface area contributed by atoms with E-state index in [0.29, 0.717) is 4.47 Å². The summed E-state index contributed by atoms with van der Waals surface area (Å²) < 4.78 is 28.6. The maximum atomic E-state index is 12.0. The first kappa shape index (κ1) is 15.5. The minimum absolute atomic E-state index is 0.0715. The fourth-order valence-electron chi connectivity index (χ4n) is 2.25. The number of hydrogen-bond acceptors (Lipinski definition) is 4. The van der Waals surface area contributed by atoms with Crippen LogP contribution in [0, 0.1) is 0 Å². The SMILES string of the molecule is NS(=O)(=O)c1cc(C(=O)OC2CCCCC2)ccc1Br. The van der Waals surface area contributed by atoms with Gasteiger partial charge in [-0.25, -0.2) is 18.4 Å². The summed E-state index contributed by atoms with van der Waals surface area (Å²) in [6, 6.07) is 4.24. The molecule has 0 saturated heterocycles. The standard InChI is InChI=1S/C13H16BrNO4S/c14-11-7-6-9(8-12(11)20(15,17)18)13(16)19-10-4-2-1-3-5-10/h6-8,10H,1-5H2,(H2,15,17,18). The van der Waals surface area contributed by atoms with Crippen LogP contribution in [0.3, 0.4) is 0 Å². The van der Waals surface area contributed by atoms with Crippen molar-refractivity contribution >= 4 is 31.9 Å². The third kappa shape index (κ3) is 3.80. The van der Waals surface area contributed by atoms with E-state index in [9.17, 15) is 13.2 Å². The van der Waals surface area contributed by atoms with Crippen LogP contribution in [0.1, 0.15) is 42.5 Å². The highest BCUT2D eigenvalue weighted by atomic mass is 79.9. The van der Waals surface area contributed by atoms with Crippen molar-refractivity contribution in [3.63, 3.8) is 0 Å². The van der Waals surface area contributed by atoms with Crippen LogP contribution in [0.25, 0.3) is 0 Å². The van der Waals surface area contributed by atoms with Crippen LogP contribution in [0.5, 0.6) is 0 Å². The van der Waals surface area contributed by atoms with Crippen LogP contribution in [-0.4, -0.2) is 20.5 Å². The molecule has 20 heavy (non-hydrogen) atoms. The number of sulfonamides is 1. The number of carbonyl (C=O) groups excluding carboxylic acids is 1. The molecule has 110 valence electrons. The molecule has 2 N–H and O–H groups in total. The Balaban J connectivity index is 2.18. The van der Waals surface area contributed by atoms with E-state index in [1.54, 1.807) is 0 Å². The first-order chi connectivity index (χ1) is 9.38. The lowest BCUT2D eigenvalue weighted by atomic mass is 9.98. The molecule has 1 aromatic carbocycles. The lowest BCUT2D eigenvalue weighted by molar-refractivity contribution is 0.0211. The summed E-state index contributed by atoms with van der Waals surface area (Å²) >= 11 is 3.10. The summed E-state index contributed by atoms with van der Waals surface area (Å²) in [6.07, 6.45) is 4.94. The average molecular weight is 362 g/mol. The van der Waals surface area contributed by atoms with E-state index in [-0.39, 0.29) is 16.6 Å². The third-order valence-corrected chi connectivity index (χ3v) is 5.20. The maximum Gasteiger partial charge on any atom is 0.338 e. The van der Waals surface area contributed by atoms with Crippen molar-refractivity contribution in [2.45, 2.75) is 43.1 Å². The number of ether oxygens (including phenoxy) is 1. The van der Waals surface area contributed by atoms with Crippen LogP contribution >= 0.6 is 15.9 Å². The molecule has 0 bridgehead atoms. The molecule has 0 amide bonds. The van der Waals surface area contributed by atoms with Gasteiger partial charge in [-0.05, 0) is 59.8 Å². The molecule has 1 aliphatic carbocycles. The van der Waals surface area contributed by atoms with Crippen LogP contribution in [0.2, 0.25) is 0 Å². The second-order valence-electron chi connectivity index (χ2n) is 4.86. The summed E-state index contributed by atoms with van der Waals surface area (Å²) in [5.41, 5.74) is 0.197. The van der Waals surface area contributed by atoms with Gasteiger partial charge in [0.15, 0.2) is 0 Å². The zero-order chi connectivity index (χ0) is 14.8. The van der Waals surface area contributed by atoms with E-state index in [4.69, 9.17) is 9.88 Å². The molecule has 1 saturated carbocycles. The van der Waals surface area contributed by atoms with Gasteiger partial charge in [0.1, 0.15) is 6.10 Å². The van der Waals surface area contributed by atoms with Crippen LogP contribution in [0.4, 0.5) is 0 Å². The van der Waals surface area contributed by atoms with E-state index in [2.05, 4.69) is 15.9 Å². The number of benzene rings is 1. The molecule has 1 fully saturated rings. The maximum absolute atomic E-state index is 12.0. The molecule has 5 nitrogen and oxygen atoms in total. The Hall–Kier alpha value is -0.920. The number of rotatable bonds is 3. The van der Waals surface area contributed by atoms with Gasteiger partial charge in [-0.2, -0.15) is 0 Å². The summed E-state index contributed by atoms with van der Waals surface area (Å²) in [4.78, 5) is 11.9. The Morgan fingerprint density at radius 3 is 2.50 bits per heavy atom. The lowest BCUT2D eigenvalue weighted by Crippen LogP contribution is -2.21. The number of nitrogens with two attached hydrogens (primary N) is 1. The van der Waals surface area contributed by atoms with Crippen LogP contribution < -0.4 is 5.14 Å². The van der Waals surface area contributed by atoms with Crippen molar-refractivity contribution < 1.29 is 17.9 Å². The first-order valence-corrected chi connectivity index (χ1v) is 8.75. The van der Waals surface area contributed by atoms with Gasteiger partial charge in [-0.1, -0.05) is 6.42 Å². The molecule has 0 radical (unpaired) electrons.